The first-order valence-electron chi connectivity index (χ1n) is 7.59. The van der Waals surface area contributed by atoms with Crippen molar-refractivity contribution in [1.82, 2.24) is 9.80 Å². The first kappa shape index (κ1) is 15.3. The van der Waals surface area contributed by atoms with Crippen molar-refractivity contribution in [3.63, 3.8) is 0 Å². The maximum Gasteiger partial charge on any atom is 0.407 e. The van der Waals surface area contributed by atoms with E-state index >= 15 is 0 Å². The number of rotatable bonds is 2. The highest BCUT2D eigenvalue weighted by molar-refractivity contribution is 6.21. The van der Waals surface area contributed by atoms with Crippen molar-refractivity contribution in [2.75, 3.05) is 19.6 Å². The lowest BCUT2D eigenvalue weighted by molar-refractivity contribution is 0.0666. The zero-order valence-electron chi connectivity index (χ0n) is 12.9. The molecule has 6 heteroatoms. The lowest BCUT2D eigenvalue weighted by Gasteiger charge is -2.28. The molecule has 0 aliphatic carbocycles. The average molecular weight is 314 g/mol. The normalized spacial score (nSPS) is 19.9. The standard InChI is InChI=1S/C17H18N2O4/c1-11(12-5-4-8-18(10-12)17(22)23)9-19-15(20)13-6-2-3-7-14(13)16(19)21/h2-3,6-7H,4-5,8-10H2,1H3,(H,22,23). The van der Waals surface area contributed by atoms with Crippen LogP contribution in [-0.4, -0.2) is 52.4 Å². The molecule has 0 spiro atoms. The fraction of sp³-hybridized carbons (Fsp3) is 0.353. The number of hydrogen-bond acceptors (Lipinski definition) is 3. The van der Waals surface area contributed by atoms with E-state index in [0.717, 1.165) is 24.0 Å². The van der Waals surface area contributed by atoms with Crippen LogP contribution in [0.4, 0.5) is 4.79 Å². The van der Waals surface area contributed by atoms with Crippen LogP contribution in [0.2, 0.25) is 0 Å². The summed E-state index contributed by atoms with van der Waals surface area (Å²) in [6.45, 7) is 2.96. The molecule has 23 heavy (non-hydrogen) atoms. The molecule has 0 bridgehead atoms. The van der Waals surface area contributed by atoms with Crippen LogP contribution in [0.15, 0.2) is 35.4 Å². The summed E-state index contributed by atoms with van der Waals surface area (Å²) in [6.07, 6.45) is 0.635. The Balaban J connectivity index is 1.80. The number of fused-ring (bicyclic) bond motifs is 1. The first-order valence-corrected chi connectivity index (χ1v) is 7.59. The molecule has 1 aromatic carbocycles. The predicted octanol–water partition coefficient (Wildman–Crippen LogP) is 2.37. The molecule has 2 heterocycles. The van der Waals surface area contributed by atoms with Gasteiger partial charge >= 0.3 is 6.09 Å². The van der Waals surface area contributed by atoms with Crippen LogP contribution in [0.1, 0.15) is 40.5 Å². The molecule has 1 saturated heterocycles. The molecule has 2 aliphatic heterocycles. The van der Waals surface area contributed by atoms with Crippen LogP contribution >= 0.6 is 0 Å². The van der Waals surface area contributed by atoms with E-state index in [-0.39, 0.29) is 18.4 Å². The number of hydrogen-bond donors (Lipinski definition) is 1. The molecular formula is C17H18N2O4. The van der Waals surface area contributed by atoms with Crippen molar-refractivity contribution in [3.05, 3.63) is 46.5 Å². The molecule has 2 aliphatic rings. The number of piperidine rings is 1. The summed E-state index contributed by atoms with van der Waals surface area (Å²) in [7, 11) is 0. The van der Waals surface area contributed by atoms with Crippen molar-refractivity contribution < 1.29 is 19.5 Å². The number of imide groups is 1. The SMILES string of the molecule is CC(CN1C(=O)c2ccccc2C1=O)=C1CCCN(C(=O)O)C1. The maximum atomic E-state index is 12.4. The van der Waals surface area contributed by atoms with Gasteiger partial charge in [-0.05, 0) is 37.5 Å². The van der Waals surface area contributed by atoms with Crippen LogP contribution in [0.5, 0.6) is 0 Å². The van der Waals surface area contributed by atoms with E-state index in [1.165, 1.54) is 9.80 Å². The highest BCUT2D eigenvalue weighted by atomic mass is 16.4. The van der Waals surface area contributed by atoms with Crippen LogP contribution in [-0.2, 0) is 0 Å². The third-order valence-corrected chi connectivity index (χ3v) is 4.44. The number of amides is 3. The molecule has 120 valence electrons. The van der Waals surface area contributed by atoms with Gasteiger partial charge in [-0.2, -0.15) is 0 Å². The van der Waals surface area contributed by atoms with Crippen molar-refractivity contribution in [2.45, 2.75) is 19.8 Å². The number of nitrogens with zero attached hydrogens (tertiary/aromatic N) is 2. The molecule has 0 atom stereocenters. The van der Waals surface area contributed by atoms with E-state index in [2.05, 4.69) is 0 Å². The van der Waals surface area contributed by atoms with Gasteiger partial charge in [-0.3, -0.25) is 14.5 Å². The number of benzene rings is 1. The molecule has 1 N–H and O–H groups in total. The second kappa shape index (κ2) is 5.87. The van der Waals surface area contributed by atoms with E-state index in [9.17, 15) is 14.4 Å². The lowest BCUT2D eigenvalue weighted by Crippen LogP contribution is -2.37. The monoisotopic (exact) mass is 314 g/mol. The lowest BCUT2D eigenvalue weighted by atomic mass is 9.99. The Kier molecular flexibility index (Phi) is 3.90. The van der Waals surface area contributed by atoms with Crippen molar-refractivity contribution in [2.24, 2.45) is 0 Å². The smallest absolute Gasteiger partial charge is 0.407 e. The fourth-order valence-corrected chi connectivity index (χ4v) is 3.12. The minimum Gasteiger partial charge on any atom is -0.465 e. The first-order chi connectivity index (χ1) is 11.0. The van der Waals surface area contributed by atoms with E-state index in [1.807, 2.05) is 6.92 Å². The second-order valence-electron chi connectivity index (χ2n) is 5.93. The van der Waals surface area contributed by atoms with Gasteiger partial charge in [0.25, 0.3) is 11.8 Å². The number of likely N-dealkylation sites (tertiary alicyclic amines) is 1. The summed E-state index contributed by atoms with van der Waals surface area (Å²) >= 11 is 0. The maximum absolute atomic E-state index is 12.4. The molecule has 1 fully saturated rings. The molecule has 0 unspecified atom stereocenters. The highest BCUT2D eigenvalue weighted by Crippen LogP contribution is 2.25. The molecule has 6 nitrogen and oxygen atoms in total. The van der Waals surface area contributed by atoms with E-state index in [1.54, 1.807) is 24.3 Å². The van der Waals surface area contributed by atoms with Gasteiger partial charge in [0.05, 0.1) is 17.7 Å². The van der Waals surface area contributed by atoms with Gasteiger partial charge in [0, 0.05) is 13.1 Å². The molecule has 3 amide bonds. The molecule has 1 aromatic rings. The van der Waals surface area contributed by atoms with Crippen molar-refractivity contribution in [3.8, 4) is 0 Å². The van der Waals surface area contributed by atoms with E-state index < -0.39 is 6.09 Å². The second-order valence-corrected chi connectivity index (χ2v) is 5.93. The summed E-state index contributed by atoms with van der Waals surface area (Å²) in [4.78, 5) is 38.5. The third-order valence-electron chi connectivity index (χ3n) is 4.44. The Bertz CT molecular complexity index is 688. The molecule has 3 rings (SSSR count). The minimum atomic E-state index is -0.935. The number of carbonyl (C=O) groups excluding carboxylic acids is 2. The Morgan fingerprint density at radius 1 is 1.17 bits per heavy atom. The highest BCUT2D eigenvalue weighted by Gasteiger charge is 2.35. The van der Waals surface area contributed by atoms with Gasteiger partial charge in [0.1, 0.15) is 0 Å². The number of carbonyl (C=O) groups is 3. The van der Waals surface area contributed by atoms with E-state index in [4.69, 9.17) is 5.11 Å². The Labute approximate surface area is 134 Å². The van der Waals surface area contributed by atoms with Gasteiger partial charge in [0.2, 0.25) is 0 Å². The van der Waals surface area contributed by atoms with Gasteiger partial charge in [-0.1, -0.05) is 17.7 Å². The zero-order chi connectivity index (χ0) is 16.6. The van der Waals surface area contributed by atoms with Crippen LogP contribution < -0.4 is 0 Å². The topological polar surface area (TPSA) is 77.9 Å². The van der Waals surface area contributed by atoms with Gasteiger partial charge in [0.15, 0.2) is 0 Å². The summed E-state index contributed by atoms with van der Waals surface area (Å²) in [5, 5.41) is 9.11. The summed E-state index contributed by atoms with van der Waals surface area (Å²) in [5.41, 5.74) is 2.76. The molecule has 0 saturated carbocycles. The van der Waals surface area contributed by atoms with Gasteiger partial charge in [-0.25, -0.2) is 4.79 Å². The van der Waals surface area contributed by atoms with Gasteiger partial charge in [-0.15, -0.1) is 0 Å². The third kappa shape index (κ3) is 2.72. The average Bonchev–Trinajstić information content (AvgIpc) is 2.80. The predicted molar refractivity (Wildman–Crippen MR) is 83.3 cm³/mol. The summed E-state index contributed by atoms with van der Waals surface area (Å²) in [6, 6.07) is 6.80. The summed E-state index contributed by atoms with van der Waals surface area (Å²) < 4.78 is 0. The molecule has 0 aromatic heterocycles. The Hall–Kier alpha value is -2.63. The number of carboxylic acid groups (broad SMARTS) is 1. The Morgan fingerprint density at radius 3 is 2.35 bits per heavy atom. The minimum absolute atomic E-state index is 0.217. The van der Waals surface area contributed by atoms with Crippen molar-refractivity contribution >= 4 is 17.9 Å². The van der Waals surface area contributed by atoms with Crippen molar-refractivity contribution in [1.29, 1.82) is 0 Å². The van der Waals surface area contributed by atoms with Crippen LogP contribution in [0.3, 0.4) is 0 Å². The zero-order valence-corrected chi connectivity index (χ0v) is 12.9. The fourth-order valence-electron chi connectivity index (χ4n) is 3.12. The molecule has 0 radical (unpaired) electrons. The molecular weight excluding hydrogens is 296 g/mol. The van der Waals surface area contributed by atoms with Crippen LogP contribution in [0, 0.1) is 0 Å². The van der Waals surface area contributed by atoms with Crippen LogP contribution in [0.25, 0.3) is 0 Å². The summed E-state index contributed by atoms with van der Waals surface area (Å²) in [5.74, 6) is -0.562. The van der Waals surface area contributed by atoms with Gasteiger partial charge < -0.3 is 10.0 Å². The quantitative estimate of drug-likeness (QED) is 0.671. The Morgan fingerprint density at radius 2 is 1.78 bits per heavy atom. The largest absolute Gasteiger partial charge is 0.465 e. The van der Waals surface area contributed by atoms with E-state index in [0.29, 0.717) is 24.2 Å².